The fourth-order valence-electron chi connectivity index (χ4n) is 1.46. The molecule has 0 radical (unpaired) electrons. The molecule has 0 bridgehead atoms. The van der Waals surface area contributed by atoms with Gasteiger partial charge < -0.3 is 19.7 Å². The van der Waals surface area contributed by atoms with E-state index >= 15 is 0 Å². The number of nitrogens with one attached hydrogen (secondary N) is 1. The van der Waals surface area contributed by atoms with Crippen molar-refractivity contribution in [3.63, 3.8) is 0 Å². The first kappa shape index (κ1) is 13.3. The third-order valence-corrected chi connectivity index (χ3v) is 2.37. The summed E-state index contributed by atoms with van der Waals surface area (Å²) < 4.78 is 10.3. The summed E-state index contributed by atoms with van der Waals surface area (Å²) in [5.74, 6) is 0. The van der Waals surface area contributed by atoms with Gasteiger partial charge in [-0.25, -0.2) is 4.79 Å². The number of morpholine rings is 1. The zero-order chi connectivity index (χ0) is 11.8. The molecule has 1 saturated heterocycles. The molecule has 5 nitrogen and oxygen atoms in total. The Balaban J connectivity index is 2.01. The van der Waals surface area contributed by atoms with Crippen LogP contribution in [0.3, 0.4) is 0 Å². The molecule has 1 N–H and O–H groups in total. The summed E-state index contributed by atoms with van der Waals surface area (Å²) in [6.45, 7) is 8.07. The second-order valence-electron chi connectivity index (χ2n) is 4.18. The highest BCUT2D eigenvalue weighted by atomic mass is 16.6. The molecule has 0 aliphatic carbocycles. The predicted molar refractivity (Wildman–Crippen MR) is 61.5 cm³/mol. The van der Waals surface area contributed by atoms with Crippen LogP contribution in [0.5, 0.6) is 0 Å². The molecule has 1 rings (SSSR count). The zero-order valence-corrected chi connectivity index (χ0v) is 10.2. The molecule has 0 aromatic heterocycles. The predicted octanol–water partition coefficient (Wildman–Crippen LogP) is 0.843. The number of rotatable bonds is 5. The summed E-state index contributed by atoms with van der Waals surface area (Å²) in [7, 11) is 0. The van der Waals surface area contributed by atoms with Crippen LogP contribution in [0.4, 0.5) is 4.79 Å². The minimum Gasteiger partial charge on any atom is -0.449 e. The Hall–Kier alpha value is -0.810. The number of hydrogen-bond acceptors (Lipinski definition) is 4. The highest BCUT2D eigenvalue weighted by Gasteiger charge is 2.17. The van der Waals surface area contributed by atoms with Crippen molar-refractivity contribution in [3.05, 3.63) is 0 Å². The number of nitrogens with zero attached hydrogens (tertiary/aromatic N) is 1. The molecule has 0 spiro atoms. The molecule has 0 aromatic carbocycles. The van der Waals surface area contributed by atoms with E-state index in [0.717, 1.165) is 13.0 Å². The Kier molecular flexibility index (Phi) is 6.18. The number of carbonyl (C=O) groups is 1. The van der Waals surface area contributed by atoms with Gasteiger partial charge >= 0.3 is 6.09 Å². The maximum absolute atomic E-state index is 11.5. The molecule has 1 fully saturated rings. The number of carbonyl (C=O) groups excluding carboxylic acids is 1. The molecule has 5 heteroatoms. The Labute approximate surface area is 97.1 Å². The molecule has 16 heavy (non-hydrogen) atoms. The molecule has 1 heterocycles. The second kappa shape index (κ2) is 7.46. The van der Waals surface area contributed by atoms with Gasteiger partial charge in [0.2, 0.25) is 0 Å². The number of amides is 1. The molecule has 1 amide bonds. The molecule has 94 valence electrons. The highest BCUT2D eigenvalue weighted by molar-refractivity contribution is 5.67. The van der Waals surface area contributed by atoms with E-state index in [1.807, 2.05) is 0 Å². The third-order valence-electron chi connectivity index (χ3n) is 2.37. The lowest BCUT2D eigenvalue weighted by Crippen LogP contribution is -2.41. The van der Waals surface area contributed by atoms with Crippen molar-refractivity contribution >= 4 is 6.09 Å². The Bertz CT molecular complexity index is 203. The molecule has 0 unspecified atom stereocenters. The fraction of sp³-hybridized carbons (Fsp3) is 0.909. The van der Waals surface area contributed by atoms with E-state index in [0.29, 0.717) is 39.0 Å². The summed E-state index contributed by atoms with van der Waals surface area (Å²) in [5, 5.41) is 3.27. The van der Waals surface area contributed by atoms with Gasteiger partial charge in [0, 0.05) is 19.1 Å². The van der Waals surface area contributed by atoms with Crippen molar-refractivity contribution < 1.29 is 14.3 Å². The van der Waals surface area contributed by atoms with Crippen LogP contribution in [-0.2, 0) is 9.47 Å². The van der Waals surface area contributed by atoms with Gasteiger partial charge in [0.25, 0.3) is 0 Å². The van der Waals surface area contributed by atoms with Gasteiger partial charge in [0.05, 0.1) is 19.8 Å². The van der Waals surface area contributed by atoms with Gasteiger partial charge in [-0.15, -0.1) is 0 Å². The van der Waals surface area contributed by atoms with E-state index in [1.165, 1.54) is 0 Å². The van der Waals surface area contributed by atoms with Crippen LogP contribution in [0.1, 0.15) is 20.3 Å². The first-order valence-corrected chi connectivity index (χ1v) is 5.93. The van der Waals surface area contributed by atoms with Crippen LogP contribution in [0.25, 0.3) is 0 Å². The topological polar surface area (TPSA) is 50.8 Å². The maximum Gasteiger partial charge on any atom is 0.409 e. The van der Waals surface area contributed by atoms with E-state index in [-0.39, 0.29) is 6.09 Å². The molecule has 0 atom stereocenters. The van der Waals surface area contributed by atoms with E-state index in [1.54, 1.807) is 4.90 Å². The smallest absolute Gasteiger partial charge is 0.409 e. The van der Waals surface area contributed by atoms with Crippen LogP contribution in [0, 0.1) is 0 Å². The largest absolute Gasteiger partial charge is 0.449 e. The maximum atomic E-state index is 11.5. The van der Waals surface area contributed by atoms with Gasteiger partial charge in [0.15, 0.2) is 0 Å². The Morgan fingerprint density at radius 2 is 2.12 bits per heavy atom. The average Bonchev–Trinajstić information content (AvgIpc) is 2.29. The number of hydrogen-bond donors (Lipinski definition) is 1. The van der Waals surface area contributed by atoms with Crippen LogP contribution < -0.4 is 5.32 Å². The van der Waals surface area contributed by atoms with Crippen molar-refractivity contribution in [1.82, 2.24) is 10.2 Å². The van der Waals surface area contributed by atoms with Crippen molar-refractivity contribution in [1.29, 1.82) is 0 Å². The summed E-state index contributed by atoms with van der Waals surface area (Å²) in [6, 6.07) is 0.481. The van der Waals surface area contributed by atoms with Crippen molar-refractivity contribution in [2.45, 2.75) is 26.3 Å². The summed E-state index contributed by atoms with van der Waals surface area (Å²) in [4.78, 5) is 13.2. The van der Waals surface area contributed by atoms with E-state index in [9.17, 15) is 4.79 Å². The molecule has 0 saturated carbocycles. The van der Waals surface area contributed by atoms with Crippen molar-refractivity contribution in [2.75, 3.05) is 39.5 Å². The van der Waals surface area contributed by atoms with Gasteiger partial charge in [0.1, 0.15) is 0 Å². The lowest BCUT2D eigenvalue weighted by molar-refractivity contribution is 0.0269. The Morgan fingerprint density at radius 1 is 1.44 bits per heavy atom. The van der Waals surface area contributed by atoms with Crippen LogP contribution in [0.2, 0.25) is 0 Å². The van der Waals surface area contributed by atoms with Gasteiger partial charge in [-0.05, 0) is 13.0 Å². The lowest BCUT2D eigenvalue weighted by Gasteiger charge is -2.25. The number of ether oxygens (including phenoxy) is 2. The molecule has 1 aliphatic rings. The third kappa shape index (κ3) is 5.32. The average molecular weight is 230 g/mol. The minimum atomic E-state index is -0.215. The monoisotopic (exact) mass is 230 g/mol. The summed E-state index contributed by atoms with van der Waals surface area (Å²) in [5.41, 5.74) is 0. The van der Waals surface area contributed by atoms with Crippen molar-refractivity contribution in [3.8, 4) is 0 Å². The second-order valence-corrected chi connectivity index (χ2v) is 4.18. The zero-order valence-electron chi connectivity index (χ0n) is 10.2. The van der Waals surface area contributed by atoms with Gasteiger partial charge in [-0.3, -0.25) is 0 Å². The summed E-state index contributed by atoms with van der Waals surface area (Å²) in [6.07, 6.45) is 0.640. The quantitative estimate of drug-likeness (QED) is 0.711. The van der Waals surface area contributed by atoms with Crippen LogP contribution >= 0.6 is 0 Å². The van der Waals surface area contributed by atoms with Crippen LogP contribution in [0.15, 0.2) is 0 Å². The molecular formula is C11H22N2O3. The first-order valence-electron chi connectivity index (χ1n) is 5.93. The SMILES string of the molecule is CC(C)NCCCOC(=O)N1CCOCC1. The minimum absolute atomic E-state index is 0.215. The standard InChI is InChI=1S/C11H22N2O3/c1-10(2)12-4-3-7-16-11(14)13-5-8-15-9-6-13/h10,12H,3-9H2,1-2H3. The van der Waals surface area contributed by atoms with E-state index < -0.39 is 0 Å². The lowest BCUT2D eigenvalue weighted by atomic mass is 10.3. The van der Waals surface area contributed by atoms with Gasteiger partial charge in [-0.2, -0.15) is 0 Å². The fourth-order valence-corrected chi connectivity index (χ4v) is 1.46. The normalized spacial score (nSPS) is 16.6. The molecule has 1 aliphatic heterocycles. The highest BCUT2D eigenvalue weighted by Crippen LogP contribution is 2.00. The van der Waals surface area contributed by atoms with Crippen molar-refractivity contribution in [2.24, 2.45) is 0 Å². The van der Waals surface area contributed by atoms with Gasteiger partial charge in [-0.1, -0.05) is 13.8 Å². The van der Waals surface area contributed by atoms with E-state index in [4.69, 9.17) is 9.47 Å². The van der Waals surface area contributed by atoms with Crippen LogP contribution in [-0.4, -0.2) is 56.5 Å². The summed E-state index contributed by atoms with van der Waals surface area (Å²) >= 11 is 0. The molecule has 0 aromatic rings. The Morgan fingerprint density at radius 3 is 2.75 bits per heavy atom. The van der Waals surface area contributed by atoms with E-state index in [2.05, 4.69) is 19.2 Å². The molecular weight excluding hydrogens is 208 g/mol. The first-order chi connectivity index (χ1) is 7.70.